The molecule has 0 aliphatic carbocycles. The van der Waals surface area contributed by atoms with E-state index in [4.69, 9.17) is 0 Å². The van der Waals surface area contributed by atoms with E-state index in [1.807, 2.05) is 42.5 Å². The lowest BCUT2D eigenvalue weighted by atomic mass is 10.1. The molecule has 100 valence electrons. The number of aromatic nitrogens is 2. The van der Waals surface area contributed by atoms with E-state index in [9.17, 15) is 9.18 Å². The van der Waals surface area contributed by atoms with E-state index in [1.54, 1.807) is 6.07 Å². The molecule has 0 aliphatic rings. The van der Waals surface area contributed by atoms with E-state index < -0.39 is 0 Å². The average molecular weight is 372 g/mol. The van der Waals surface area contributed by atoms with Crippen molar-refractivity contribution in [1.82, 2.24) is 9.97 Å². The summed E-state index contributed by atoms with van der Waals surface area (Å²) in [5.41, 5.74) is 1.44. The van der Waals surface area contributed by atoms with Gasteiger partial charge in [-0.05, 0) is 46.2 Å². The van der Waals surface area contributed by atoms with Gasteiger partial charge in [-0.2, -0.15) is 0 Å². The Kier molecular flexibility index (Phi) is 4.34. The van der Waals surface area contributed by atoms with Gasteiger partial charge >= 0.3 is 0 Å². The van der Waals surface area contributed by atoms with Crippen LogP contribution in [0, 0.1) is 9.39 Å². The SMILES string of the molecule is CC(C)c1nc(Cc2cccc(F)c2)[nH]c(=O)c1I. The fraction of sp³-hybridized carbons (Fsp3) is 0.286. The van der Waals surface area contributed by atoms with Crippen LogP contribution >= 0.6 is 22.6 Å². The number of halogens is 2. The first-order valence-corrected chi connectivity index (χ1v) is 7.08. The van der Waals surface area contributed by atoms with Crippen LogP contribution in [-0.2, 0) is 6.42 Å². The summed E-state index contributed by atoms with van der Waals surface area (Å²) < 4.78 is 13.7. The molecule has 1 aromatic heterocycles. The Hall–Kier alpha value is -1.24. The Morgan fingerprint density at radius 2 is 2.16 bits per heavy atom. The summed E-state index contributed by atoms with van der Waals surface area (Å²) >= 11 is 2.01. The van der Waals surface area contributed by atoms with Crippen LogP contribution in [0.4, 0.5) is 4.39 Å². The van der Waals surface area contributed by atoms with Crippen molar-refractivity contribution < 1.29 is 4.39 Å². The van der Waals surface area contributed by atoms with E-state index in [0.717, 1.165) is 11.3 Å². The van der Waals surface area contributed by atoms with Crippen LogP contribution in [0.25, 0.3) is 0 Å². The van der Waals surface area contributed by atoms with Gasteiger partial charge in [0.05, 0.1) is 9.26 Å². The molecule has 0 bridgehead atoms. The van der Waals surface area contributed by atoms with Gasteiger partial charge in [0, 0.05) is 6.42 Å². The number of rotatable bonds is 3. The first-order chi connectivity index (χ1) is 8.97. The maximum absolute atomic E-state index is 13.1. The molecule has 1 heterocycles. The maximum Gasteiger partial charge on any atom is 0.264 e. The van der Waals surface area contributed by atoms with Crippen molar-refractivity contribution in [3.8, 4) is 0 Å². The fourth-order valence-corrected chi connectivity index (χ4v) is 2.71. The summed E-state index contributed by atoms with van der Waals surface area (Å²) in [7, 11) is 0. The third-order valence-corrected chi connectivity index (χ3v) is 3.79. The van der Waals surface area contributed by atoms with E-state index in [1.165, 1.54) is 12.1 Å². The van der Waals surface area contributed by atoms with Gasteiger partial charge in [-0.1, -0.05) is 26.0 Å². The van der Waals surface area contributed by atoms with Gasteiger partial charge in [0.25, 0.3) is 5.56 Å². The minimum absolute atomic E-state index is 0.134. The van der Waals surface area contributed by atoms with Gasteiger partial charge in [-0.25, -0.2) is 9.37 Å². The molecule has 2 rings (SSSR count). The molecule has 0 spiro atoms. The summed E-state index contributed by atoms with van der Waals surface area (Å²) in [6, 6.07) is 6.31. The second-order valence-corrected chi connectivity index (χ2v) is 5.75. The molecule has 0 saturated heterocycles. The summed E-state index contributed by atoms with van der Waals surface area (Å²) in [6.45, 7) is 3.99. The van der Waals surface area contributed by atoms with Gasteiger partial charge in [0.2, 0.25) is 0 Å². The van der Waals surface area contributed by atoms with Gasteiger partial charge in [0.1, 0.15) is 11.6 Å². The first kappa shape index (κ1) is 14.2. The van der Waals surface area contributed by atoms with Crippen LogP contribution in [-0.4, -0.2) is 9.97 Å². The van der Waals surface area contributed by atoms with Crippen LogP contribution in [0.15, 0.2) is 29.1 Å². The second kappa shape index (κ2) is 5.81. The number of H-pyrrole nitrogens is 1. The van der Waals surface area contributed by atoms with Crippen LogP contribution in [0.3, 0.4) is 0 Å². The molecule has 1 aromatic carbocycles. The number of hydrogen-bond donors (Lipinski definition) is 1. The molecule has 0 atom stereocenters. The molecule has 0 radical (unpaired) electrons. The third-order valence-electron chi connectivity index (χ3n) is 2.74. The van der Waals surface area contributed by atoms with E-state index in [2.05, 4.69) is 9.97 Å². The van der Waals surface area contributed by atoms with Crippen molar-refractivity contribution in [2.24, 2.45) is 0 Å². The van der Waals surface area contributed by atoms with Crippen LogP contribution in [0.5, 0.6) is 0 Å². The predicted molar refractivity (Wildman–Crippen MR) is 80.9 cm³/mol. The molecule has 0 saturated carbocycles. The van der Waals surface area contributed by atoms with Crippen molar-refractivity contribution >= 4 is 22.6 Å². The summed E-state index contributed by atoms with van der Waals surface area (Å²) in [6.07, 6.45) is 0.420. The highest BCUT2D eigenvalue weighted by molar-refractivity contribution is 14.1. The maximum atomic E-state index is 13.1. The highest BCUT2D eigenvalue weighted by atomic mass is 127. The number of nitrogens with zero attached hydrogens (tertiary/aromatic N) is 1. The minimum Gasteiger partial charge on any atom is -0.309 e. The lowest BCUT2D eigenvalue weighted by molar-refractivity contribution is 0.625. The van der Waals surface area contributed by atoms with Gasteiger partial charge in [0.15, 0.2) is 0 Å². The molecule has 0 unspecified atom stereocenters. The minimum atomic E-state index is -0.283. The summed E-state index contributed by atoms with van der Waals surface area (Å²) in [4.78, 5) is 19.1. The zero-order valence-electron chi connectivity index (χ0n) is 10.7. The lowest BCUT2D eigenvalue weighted by Gasteiger charge is -2.09. The van der Waals surface area contributed by atoms with Crippen LogP contribution in [0.1, 0.15) is 36.8 Å². The molecule has 19 heavy (non-hydrogen) atoms. The molecule has 1 N–H and O–H groups in total. The van der Waals surface area contributed by atoms with Crippen molar-refractivity contribution in [2.45, 2.75) is 26.2 Å². The Labute approximate surface area is 124 Å². The molecule has 0 aliphatic heterocycles. The summed E-state index contributed by atoms with van der Waals surface area (Å²) in [5.74, 6) is 0.467. The normalized spacial score (nSPS) is 11.0. The fourth-order valence-electron chi connectivity index (χ4n) is 1.83. The molecule has 3 nitrogen and oxygen atoms in total. The highest BCUT2D eigenvalue weighted by Crippen LogP contribution is 2.16. The van der Waals surface area contributed by atoms with E-state index >= 15 is 0 Å². The smallest absolute Gasteiger partial charge is 0.264 e. The molecular weight excluding hydrogens is 358 g/mol. The first-order valence-electron chi connectivity index (χ1n) is 6.00. The van der Waals surface area contributed by atoms with Gasteiger partial charge in [-0.15, -0.1) is 0 Å². The molecule has 2 aromatic rings. The van der Waals surface area contributed by atoms with Crippen molar-refractivity contribution in [1.29, 1.82) is 0 Å². The zero-order valence-corrected chi connectivity index (χ0v) is 12.9. The second-order valence-electron chi connectivity index (χ2n) is 4.67. The Bertz CT molecular complexity index is 652. The molecular formula is C14H14FIN2O. The van der Waals surface area contributed by atoms with Crippen LogP contribution in [0.2, 0.25) is 0 Å². The standard InChI is InChI=1S/C14H14FIN2O/c1-8(2)13-12(16)14(19)18-11(17-13)7-9-4-3-5-10(15)6-9/h3-6,8H,7H2,1-2H3,(H,17,18,19). The molecule has 5 heteroatoms. The van der Waals surface area contributed by atoms with Gasteiger partial charge < -0.3 is 4.98 Å². The van der Waals surface area contributed by atoms with E-state index in [-0.39, 0.29) is 17.3 Å². The van der Waals surface area contributed by atoms with Gasteiger partial charge in [-0.3, -0.25) is 4.79 Å². The van der Waals surface area contributed by atoms with E-state index in [0.29, 0.717) is 15.8 Å². The third kappa shape index (κ3) is 3.40. The Balaban J connectivity index is 2.39. The van der Waals surface area contributed by atoms with Crippen molar-refractivity contribution in [3.63, 3.8) is 0 Å². The van der Waals surface area contributed by atoms with Crippen molar-refractivity contribution in [2.75, 3.05) is 0 Å². The average Bonchev–Trinajstić information content (AvgIpc) is 2.33. The zero-order chi connectivity index (χ0) is 14.0. The summed E-state index contributed by atoms with van der Waals surface area (Å²) in [5, 5.41) is 0. The number of aromatic amines is 1. The molecule has 0 fully saturated rings. The quantitative estimate of drug-likeness (QED) is 0.841. The molecule has 0 amide bonds. The predicted octanol–water partition coefficient (Wildman–Crippen LogP) is 3.23. The lowest BCUT2D eigenvalue weighted by Crippen LogP contribution is -2.19. The largest absolute Gasteiger partial charge is 0.309 e. The Morgan fingerprint density at radius 3 is 2.79 bits per heavy atom. The number of nitrogens with one attached hydrogen (secondary N) is 1. The topological polar surface area (TPSA) is 45.8 Å². The highest BCUT2D eigenvalue weighted by Gasteiger charge is 2.12. The van der Waals surface area contributed by atoms with Crippen molar-refractivity contribution in [3.05, 3.63) is 61.1 Å². The monoisotopic (exact) mass is 372 g/mol. The van der Waals surface area contributed by atoms with Crippen LogP contribution < -0.4 is 5.56 Å². The Morgan fingerprint density at radius 1 is 1.42 bits per heavy atom. The number of hydrogen-bond acceptors (Lipinski definition) is 2. The number of benzene rings is 1.